The lowest BCUT2D eigenvalue weighted by atomic mass is 9.83. The van der Waals surface area contributed by atoms with Gasteiger partial charge in [-0.15, -0.1) is 0 Å². The van der Waals surface area contributed by atoms with Gasteiger partial charge in [0, 0.05) is 35.8 Å². The minimum absolute atomic E-state index is 0.0124. The number of nitrogens with zero attached hydrogens (tertiary/aromatic N) is 2. The summed E-state index contributed by atoms with van der Waals surface area (Å²) in [6.45, 7) is 1.16. The molecule has 3 aromatic rings. The van der Waals surface area contributed by atoms with E-state index in [4.69, 9.17) is 18.9 Å². The van der Waals surface area contributed by atoms with E-state index in [0.717, 1.165) is 52.7 Å². The van der Waals surface area contributed by atoms with Crippen molar-refractivity contribution in [3.63, 3.8) is 0 Å². The molecule has 2 aromatic carbocycles. The molecule has 0 spiro atoms. The molecule has 1 aromatic heterocycles. The summed E-state index contributed by atoms with van der Waals surface area (Å²) in [6, 6.07) is 12.5. The normalized spacial score (nSPS) is 17.9. The van der Waals surface area contributed by atoms with Crippen LogP contribution in [-0.2, 0) is 6.42 Å². The van der Waals surface area contributed by atoms with Crippen molar-refractivity contribution < 1.29 is 18.9 Å². The molecule has 0 bridgehead atoms. The van der Waals surface area contributed by atoms with Crippen LogP contribution in [0.1, 0.15) is 33.9 Å². The van der Waals surface area contributed by atoms with Crippen molar-refractivity contribution in [1.82, 2.24) is 9.88 Å². The van der Waals surface area contributed by atoms with Crippen molar-refractivity contribution in [2.75, 3.05) is 27.6 Å². The van der Waals surface area contributed by atoms with Gasteiger partial charge >= 0.3 is 0 Å². The monoisotopic (exact) mass is 414 g/mol. The molecule has 6 heteroatoms. The summed E-state index contributed by atoms with van der Waals surface area (Å²) in [4.78, 5) is 6.68. The van der Waals surface area contributed by atoms with E-state index >= 15 is 0 Å². The zero-order chi connectivity index (χ0) is 20.9. The molecule has 6 nitrogen and oxygen atoms in total. The lowest BCUT2D eigenvalue weighted by Gasteiger charge is -2.43. The fourth-order valence-corrected chi connectivity index (χ4v) is 4.94. The van der Waals surface area contributed by atoms with E-state index in [1.54, 1.807) is 14.2 Å². The Morgan fingerprint density at radius 1 is 1.00 bits per heavy atom. The van der Waals surface area contributed by atoms with Crippen LogP contribution >= 0.6 is 0 Å². The van der Waals surface area contributed by atoms with E-state index in [-0.39, 0.29) is 12.8 Å². The highest BCUT2D eigenvalue weighted by Gasteiger charge is 2.37. The summed E-state index contributed by atoms with van der Waals surface area (Å²) in [7, 11) is 3.38. The van der Waals surface area contributed by atoms with Crippen molar-refractivity contribution in [3.8, 4) is 23.0 Å². The number of pyridine rings is 1. The summed E-state index contributed by atoms with van der Waals surface area (Å²) < 4.78 is 22.8. The number of rotatable bonds is 3. The third-order valence-corrected chi connectivity index (χ3v) is 6.32. The van der Waals surface area contributed by atoms with Gasteiger partial charge < -0.3 is 23.8 Å². The Bertz CT molecular complexity index is 1210. The maximum absolute atomic E-state index is 5.86. The van der Waals surface area contributed by atoms with Gasteiger partial charge in [-0.1, -0.05) is 6.07 Å². The molecule has 0 radical (unpaired) electrons. The molecule has 3 aliphatic rings. The SMILES string of the molecule is COc1ccc2c(c1OC)C(c1ccncc1)N1CCc3cc4c(cc3C1=C2)OCO4. The van der Waals surface area contributed by atoms with Gasteiger partial charge in [0.05, 0.1) is 20.3 Å². The van der Waals surface area contributed by atoms with Crippen molar-refractivity contribution >= 4 is 11.8 Å². The zero-order valence-electron chi connectivity index (χ0n) is 17.4. The first-order valence-electron chi connectivity index (χ1n) is 10.3. The highest BCUT2D eigenvalue weighted by Crippen LogP contribution is 2.51. The maximum atomic E-state index is 5.86. The number of benzene rings is 2. The van der Waals surface area contributed by atoms with Gasteiger partial charge in [-0.25, -0.2) is 0 Å². The van der Waals surface area contributed by atoms with Crippen molar-refractivity contribution in [2.24, 2.45) is 0 Å². The first-order valence-corrected chi connectivity index (χ1v) is 10.3. The molecule has 31 heavy (non-hydrogen) atoms. The van der Waals surface area contributed by atoms with Crippen LogP contribution < -0.4 is 18.9 Å². The Balaban J connectivity index is 1.61. The Morgan fingerprint density at radius 2 is 1.81 bits per heavy atom. The quantitative estimate of drug-likeness (QED) is 0.638. The van der Waals surface area contributed by atoms with Crippen LogP contribution in [0.15, 0.2) is 48.8 Å². The number of hydrogen-bond acceptors (Lipinski definition) is 6. The van der Waals surface area contributed by atoms with Crippen LogP contribution in [0.4, 0.5) is 0 Å². The second-order valence-electron chi connectivity index (χ2n) is 7.82. The predicted octanol–water partition coefficient (Wildman–Crippen LogP) is 4.29. The number of fused-ring (bicyclic) bond motifs is 5. The number of methoxy groups -OCH3 is 2. The Morgan fingerprint density at radius 3 is 2.58 bits per heavy atom. The van der Waals surface area contributed by atoms with Gasteiger partial charge in [-0.3, -0.25) is 4.98 Å². The second-order valence-corrected chi connectivity index (χ2v) is 7.82. The van der Waals surface area contributed by atoms with E-state index in [1.165, 1.54) is 16.8 Å². The molecule has 6 rings (SSSR count). The van der Waals surface area contributed by atoms with Crippen molar-refractivity contribution in [3.05, 3.63) is 76.6 Å². The summed E-state index contributed by atoms with van der Waals surface area (Å²) in [5, 5.41) is 0. The Labute approximate surface area is 180 Å². The summed E-state index contributed by atoms with van der Waals surface area (Å²) >= 11 is 0. The van der Waals surface area contributed by atoms with Crippen LogP contribution in [0.25, 0.3) is 11.8 Å². The highest BCUT2D eigenvalue weighted by atomic mass is 16.7. The van der Waals surface area contributed by atoms with Gasteiger partial charge in [0.1, 0.15) is 0 Å². The lowest BCUT2D eigenvalue weighted by molar-refractivity contribution is 0.174. The predicted molar refractivity (Wildman–Crippen MR) is 116 cm³/mol. The molecule has 0 saturated heterocycles. The Kier molecular flexibility index (Phi) is 4.06. The van der Waals surface area contributed by atoms with Gasteiger partial charge in [0.25, 0.3) is 0 Å². The fraction of sp³-hybridized carbons (Fsp3) is 0.240. The summed E-state index contributed by atoms with van der Waals surface area (Å²) in [5.41, 5.74) is 7.05. The average Bonchev–Trinajstić information content (AvgIpc) is 3.28. The molecule has 0 aliphatic carbocycles. The third-order valence-electron chi connectivity index (χ3n) is 6.32. The van der Waals surface area contributed by atoms with Gasteiger partial charge in [0.2, 0.25) is 6.79 Å². The van der Waals surface area contributed by atoms with E-state index in [0.29, 0.717) is 0 Å². The van der Waals surface area contributed by atoms with E-state index in [1.807, 2.05) is 18.5 Å². The van der Waals surface area contributed by atoms with Gasteiger partial charge in [-0.05, 0) is 59.5 Å². The van der Waals surface area contributed by atoms with Gasteiger partial charge in [0.15, 0.2) is 23.0 Å². The minimum atomic E-state index is -0.0124. The first kappa shape index (κ1) is 18.1. The molecule has 4 heterocycles. The van der Waals surface area contributed by atoms with Gasteiger partial charge in [-0.2, -0.15) is 0 Å². The number of ether oxygens (including phenoxy) is 4. The summed E-state index contributed by atoms with van der Waals surface area (Å²) in [5.74, 6) is 3.15. The molecule has 0 amide bonds. The molecule has 3 aliphatic heterocycles. The first-order chi connectivity index (χ1) is 15.3. The van der Waals surface area contributed by atoms with Crippen LogP contribution in [0.2, 0.25) is 0 Å². The van der Waals surface area contributed by atoms with E-state index in [9.17, 15) is 0 Å². The Hall–Kier alpha value is -3.67. The van der Waals surface area contributed by atoms with Crippen molar-refractivity contribution in [1.29, 1.82) is 0 Å². The smallest absolute Gasteiger partial charge is 0.231 e. The van der Waals surface area contributed by atoms with E-state index in [2.05, 4.69) is 46.3 Å². The molecule has 1 unspecified atom stereocenters. The highest BCUT2D eigenvalue weighted by molar-refractivity contribution is 5.88. The second kappa shape index (κ2) is 6.94. The molecule has 0 fully saturated rings. The third kappa shape index (κ3) is 2.68. The summed E-state index contributed by atoms with van der Waals surface area (Å²) in [6.07, 6.45) is 6.85. The number of aromatic nitrogens is 1. The topological polar surface area (TPSA) is 53.1 Å². The molecule has 1 atom stereocenters. The molecular weight excluding hydrogens is 392 g/mol. The minimum Gasteiger partial charge on any atom is -0.493 e. The molecular formula is C25H22N2O4. The average molecular weight is 414 g/mol. The standard InChI is InChI=1S/C25H22N2O4/c1-28-20-4-3-17-11-19-18-13-22-21(30-14-31-22)12-16(18)7-10-27(19)24(23(17)25(20)29-2)15-5-8-26-9-6-15/h3-6,8-9,11-13,24H,7,10,14H2,1-2H3. The van der Waals surface area contributed by atoms with Crippen LogP contribution in [-0.4, -0.2) is 37.4 Å². The van der Waals surface area contributed by atoms with Crippen molar-refractivity contribution in [2.45, 2.75) is 12.5 Å². The lowest BCUT2D eigenvalue weighted by Crippen LogP contribution is -2.36. The maximum Gasteiger partial charge on any atom is 0.231 e. The van der Waals surface area contributed by atoms with Crippen LogP contribution in [0, 0.1) is 0 Å². The fourth-order valence-electron chi connectivity index (χ4n) is 4.94. The van der Waals surface area contributed by atoms with Crippen LogP contribution in [0.5, 0.6) is 23.0 Å². The zero-order valence-corrected chi connectivity index (χ0v) is 17.4. The largest absolute Gasteiger partial charge is 0.493 e. The van der Waals surface area contributed by atoms with Crippen LogP contribution in [0.3, 0.4) is 0 Å². The molecule has 0 saturated carbocycles. The molecule has 156 valence electrons. The van der Waals surface area contributed by atoms with E-state index < -0.39 is 0 Å². The molecule has 0 N–H and O–H groups in total. The number of hydrogen-bond donors (Lipinski definition) is 0.